The maximum absolute atomic E-state index is 6.61. The first kappa shape index (κ1) is 77.3. The Hall–Kier alpha value is -18.4. The van der Waals surface area contributed by atoms with Gasteiger partial charge in [0.2, 0.25) is 0 Å². The third kappa shape index (κ3) is 12.4. The van der Waals surface area contributed by atoms with Gasteiger partial charge in [-0.15, -0.1) is 0 Å². The molecule has 0 atom stereocenters. The van der Waals surface area contributed by atoms with Crippen LogP contribution in [0.5, 0.6) is 0 Å². The molecule has 9 heteroatoms. The van der Waals surface area contributed by atoms with Crippen LogP contribution in [0.15, 0.2) is 494 Å². The van der Waals surface area contributed by atoms with Crippen LogP contribution in [0, 0.1) is 0 Å². The van der Waals surface area contributed by atoms with E-state index in [1.165, 1.54) is 26.9 Å². The van der Waals surface area contributed by atoms with Crippen molar-refractivity contribution in [2.45, 2.75) is 0 Å². The van der Waals surface area contributed by atoms with Crippen molar-refractivity contribution in [3.63, 3.8) is 0 Å². The zero-order valence-electron chi connectivity index (χ0n) is 73.7. The predicted molar refractivity (Wildman–Crippen MR) is 567 cm³/mol. The third-order valence-corrected chi connectivity index (χ3v) is 27.8. The highest BCUT2D eigenvalue weighted by molar-refractivity contribution is 6.25. The summed E-state index contributed by atoms with van der Waals surface area (Å²) < 4.78 is 46.0. The molecular formula is C128H77N3O6. The van der Waals surface area contributed by atoms with Crippen molar-refractivity contribution < 1.29 is 26.5 Å². The molecule has 9 heterocycles. The quantitative estimate of drug-likeness (QED) is 0.135. The first-order valence-electron chi connectivity index (χ1n) is 46.5. The highest BCUT2D eigenvalue weighted by Crippen LogP contribution is 2.50. The Morgan fingerprint density at radius 2 is 0.453 bits per heavy atom. The summed E-state index contributed by atoms with van der Waals surface area (Å²) in [6, 6.07) is 165. The minimum Gasteiger partial charge on any atom is -0.456 e. The lowest BCUT2D eigenvalue weighted by molar-refractivity contribution is 0.669. The summed E-state index contributed by atoms with van der Waals surface area (Å²) in [5, 5.41) is 18.4. The van der Waals surface area contributed by atoms with Gasteiger partial charge in [0.15, 0.2) is 16.7 Å². The van der Waals surface area contributed by atoms with E-state index in [-0.39, 0.29) is 0 Å². The van der Waals surface area contributed by atoms with Crippen LogP contribution in [-0.2, 0) is 0 Å². The summed E-state index contributed by atoms with van der Waals surface area (Å²) in [7, 11) is 0. The second-order valence-electron chi connectivity index (χ2n) is 35.5. The fourth-order valence-electron chi connectivity index (χ4n) is 21.6. The van der Waals surface area contributed by atoms with Crippen molar-refractivity contribution in [1.82, 2.24) is 13.7 Å². The summed E-state index contributed by atoms with van der Waals surface area (Å²) in [5.41, 5.74) is 36.9. The first-order chi connectivity index (χ1) is 67.9. The fraction of sp³-hybridized carbons (Fsp3) is 0. The number of benzene rings is 21. The maximum Gasteiger partial charge on any atom is 0.161 e. The second-order valence-corrected chi connectivity index (χ2v) is 35.5. The molecule has 0 aliphatic heterocycles. The molecule has 0 unspecified atom stereocenters. The molecule has 137 heavy (non-hydrogen) atoms. The van der Waals surface area contributed by atoms with E-state index in [0.29, 0.717) is 0 Å². The Bertz CT molecular complexity index is 10100. The zero-order valence-corrected chi connectivity index (χ0v) is 73.7. The summed E-state index contributed by atoms with van der Waals surface area (Å²) in [6.45, 7) is 0. The SMILES string of the molecule is c1ccc(-c2cccc3c2oc2cccc(-c4ccc(-c5cccc6oc7c8ccccc8n(-c8ccccc8)c7c56)cc4)c23)cc1.c1ccc(-n2c3ccccc3c3oc4cccc(-c5ccc(-c6ccc7c(c6)oc6cc8ccccc8cc67)cc5)c4c32)cc1.c1ccc(-n2c3ccccc3c3oc4cccc(-c5ccc(-c6ccc7c(c6)oc6ccc8ccccc8c67)cc5)c4c32)cc1. The molecule has 0 radical (unpaired) electrons. The zero-order chi connectivity index (χ0) is 89.9. The molecule has 21 aromatic carbocycles. The summed E-state index contributed by atoms with van der Waals surface area (Å²) >= 11 is 0. The van der Waals surface area contributed by atoms with Gasteiger partial charge in [-0.1, -0.05) is 328 Å². The Morgan fingerprint density at radius 1 is 0.139 bits per heavy atom. The van der Waals surface area contributed by atoms with E-state index in [2.05, 4.69) is 475 Å². The summed E-state index contributed by atoms with van der Waals surface area (Å²) in [4.78, 5) is 0. The number of nitrogens with zero attached hydrogens (tertiary/aromatic N) is 3. The van der Waals surface area contributed by atoms with E-state index >= 15 is 0 Å². The number of fused-ring (bicyclic) bond motifs is 27. The molecule has 0 fully saturated rings. The van der Waals surface area contributed by atoms with E-state index in [0.717, 1.165) is 254 Å². The molecular weight excluding hydrogens is 1680 g/mol. The van der Waals surface area contributed by atoms with Gasteiger partial charge in [-0.25, -0.2) is 0 Å². The molecule has 0 spiro atoms. The van der Waals surface area contributed by atoms with Crippen LogP contribution in [0.1, 0.15) is 0 Å². The first-order valence-corrected chi connectivity index (χ1v) is 46.5. The van der Waals surface area contributed by atoms with E-state index in [9.17, 15) is 0 Å². The highest BCUT2D eigenvalue weighted by atomic mass is 16.4. The lowest BCUT2D eigenvalue weighted by atomic mass is 9.95. The molecule has 0 amide bonds. The summed E-state index contributed by atoms with van der Waals surface area (Å²) in [5.74, 6) is 0. The molecule has 0 aliphatic rings. The highest BCUT2D eigenvalue weighted by Gasteiger charge is 2.28. The number of hydrogen-bond donors (Lipinski definition) is 0. The molecule has 0 aliphatic carbocycles. The average molecular weight is 1750 g/mol. The molecule has 0 bridgehead atoms. The normalized spacial score (nSPS) is 11.9. The second kappa shape index (κ2) is 31.1. The van der Waals surface area contributed by atoms with Crippen molar-refractivity contribution in [2.24, 2.45) is 0 Å². The number of aromatic nitrogens is 3. The van der Waals surface area contributed by atoms with Crippen molar-refractivity contribution in [3.05, 3.63) is 467 Å². The van der Waals surface area contributed by atoms with E-state index in [1.807, 2.05) is 6.07 Å². The van der Waals surface area contributed by atoms with Gasteiger partial charge in [0.05, 0.1) is 32.7 Å². The van der Waals surface area contributed by atoms with Crippen LogP contribution in [0.2, 0.25) is 0 Å². The van der Waals surface area contributed by atoms with E-state index in [4.69, 9.17) is 26.5 Å². The predicted octanol–water partition coefficient (Wildman–Crippen LogP) is 36.3. The van der Waals surface area contributed by atoms with Crippen LogP contribution >= 0.6 is 0 Å². The van der Waals surface area contributed by atoms with Crippen LogP contribution < -0.4 is 0 Å². The monoisotopic (exact) mass is 1750 g/mol. The van der Waals surface area contributed by atoms with Crippen LogP contribution in [0.3, 0.4) is 0 Å². The van der Waals surface area contributed by atoms with Gasteiger partial charge < -0.3 is 40.2 Å². The fourth-order valence-corrected chi connectivity index (χ4v) is 21.6. The number of hydrogen-bond acceptors (Lipinski definition) is 6. The summed E-state index contributed by atoms with van der Waals surface area (Å²) in [6.07, 6.45) is 0. The average Bonchev–Trinajstić information content (AvgIpc) is 1.57. The van der Waals surface area contributed by atoms with Crippen LogP contribution in [0.25, 0.3) is 281 Å². The lowest BCUT2D eigenvalue weighted by Crippen LogP contribution is -1.93. The van der Waals surface area contributed by atoms with Gasteiger partial charge in [-0.2, -0.15) is 0 Å². The van der Waals surface area contributed by atoms with E-state index < -0.39 is 0 Å². The molecule has 0 saturated carbocycles. The minimum atomic E-state index is 0.885. The molecule has 30 rings (SSSR count). The van der Waals surface area contributed by atoms with Crippen LogP contribution in [-0.4, -0.2) is 13.7 Å². The Kier molecular flexibility index (Phi) is 17.6. The van der Waals surface area contributed by atoms with Crippen molar-refractivity contribution in [3.8, 4) is 95.0 Å². The number of para-hydroxylation sites is 7. The lowest BCUT2D eigenvalue weighted by Gasteiger charge is -2.10. The third-order valence-electron chi connectivity index (χ3n) is 27.8. The standard InChI is InChI=1S/C44H27NO2.2C42H25NO2/c1-3-12-28(13-4-1)34-19-9-20-36-40-32(17-10-22-38(40)46-43(34)36)29-24-26-30(27-25-29)33-18-11-23-39-41(33)42-44(47-39)35-16-7-8-21-37(35)45(42)31-14-5-2-6-15-31;1-2-11-31(12-3-1)43-36-15-7-6-13-34(36)42-41(43)40-32(14-8-16-37(40)45-42)27-19-17-26(18-20-27)30-21-22-33-35-23-28-9-4-5-10-29(28)24-39(35)44-38(33)25-30;1-2-10-30(11-3-1)43-35-15-7-6-13-33(35)42-41(43)40-32(14-8-16-36(40)45-42)28-19-17-26(18-20-28)29-21-23-34-38(25-29)44-37-24-22-27-9-4-5-12-31(27)39(34)37/h1-27H;2*1-25H. The molecule has 640 valence electrons. The molecule has 0 N–H and O–H groups in total. The molecule has 9 aromatic heterocycles. The van der Waals surface area contributed by atoms with Gasteiger partial charge in [0, 0.05) is 71.1 Å². The Morgan fingerprint density at radius 3 is 0.920 bits per heavy atom. The maximum atomic E-state index is 6.61. The molecule has 30 aromatic rings. The largest absolute Gasteiger partial charge is 0.456 e. The van der Waals surface area contributed by atoms with Gasteiger partial charge in [0.1, 0.15) is 66.8 Å². The van der Waals surface area contributed by atoms with Gasteiger partial charge in [-0.3, -0.25) is 0 Å². The topological polar surface area (TPSA) is 93.6 Å². The van der Waals surface area contributed by atoms with Crippen molar-refractivity contribution in [2.75, 3.05) is 0 Å². The van der Waals surface area contributed by atoms with Gasteiger partial charge in [-0.05, 0) is 233 Å². The Labute approximate surface area is 783 Å². The van der Waals surface area contributed by atoms with Crippen LogP contribution in [0.4, 0.5) is 0 Å². The van der Waals surface area contributed by atoms with Gasteiger partial charge >= 0.3 is 0 Å². The number of furan rings is 6. The van der Waals surface area contributed by atoms with E-state index in [1.54, 1.807) is 0 Å². The van der Waals surface area contributed by atoms with Crippen molar-refractivity contribution in [1.29, 1.82) is 0 Å². The number of rotatable bonds is 10. The van der Waals surface area contributed by atoms with Crippen molar-refractivity contribution >= 4 is 186 Å². The molecule has 0 saturated heterocycles. The molecule has 9 nitrogen and oxygen atoms in total. The Balaban J connectivity index is 0.000000102. The smallest absolute Gasteiger partial charge is 0.161 e. The van der Waals surface area contributed by atoms with Gasteiger partial charge in [0.25, 0.3) is 0 Å². The minimum absolute atomic E-state index is 0.885.